The Morgan fingerprint density at radius 3 is 2.50 bits per heavy atom. The van der Waals surface area contributed by atoms with Crippen molar-refractivity contribution in [1.29, 1.82) is 0 Å². The van der Waals surface area contributed by atoms with Gasteiger partial charge < -0.3 is 0 Å². The van der Waals surface area contributed by atoms with E-state index in [2.05, 4.69) is 76.4 Å². The predicted molar refractivity (Wildman–Crippen MR) is 125 cm³/mol. The average Bonchev–Trinajstić information content (AvgIpc) is 3.49. The Hall–Kier alpha value is -3.35. The van der Waals surface area contributed by atoms with Crippen LogP contribution < -0.4 is 0 Å². The number of unbranched alkanes of at least 4 members (excludes halogenated alkanes) is 1. The molecule has 166 valence electrons. The fourth-order valence-electron chi connectivity index (χ4n) is 3.84. The van der Waals surface area contributed by atoms with E-state index >= 15 is 0 Å². The normalized spacial score (nSPS) is 12.2. The van der Waals surface area contributed by atoms with Crippen LogP contribution >= 0.6 is 0 Å². The van der Waals surface area contributed by atoms with Crippen LogP contribution in [0.4, 0.5) is 0 Å². The molecule has 1 atom stereocenters. The SMILES string of the molecule is CCCCc1nc(C(C)CC)n(Cc2ccc(Cc3ccccc3-c3nnn[nH]3)cc2)n1. The van der Waals surface area contributed by atoms with Gasteiger partial charge in [-0.3, -0.25) is 0 Å². The molecular formula is C25H31N7. The summed E-state index contributed by atoms with van der Waals surface area (Å²) in [6, 6.07) is 17.0. The quantitative estimate of drug-likeness (QED) is 0.385. The lowest BCUT2D eigenvalue weighted by Crippen LogP contribution is -2.09. The van der Waals surface area contributed by atoms with E-state index in [-0.39, 0.29) is 0 Å². The maximum Gasteiger partial charge on any atom is 0.179 e. The summed E-state index contributed by atoms with van der Waals surface area (Å²) >= 11 is 0. The zero-order chi connectivity index (χ0) is 22.3. The van der Waals surface area contributed by atoms with Crippen LogP contribution in [0.5, 0.6) is 0 Å². The minimum absolute atomic E-state index is 0.402. The van der Waals surface area contributed by atoms with E-state index in [1.165, 1.54) is 16.7 Å². The number of nitrogens with zero attached hydrogens (tertiary/aromatic N) is 6. The van der Waals surface area contributed by atoms with Crippen LogP contribution in [-0.2, 0) is 19.4 Å². The Bertz CT molecular complexity index is 1110. The summed E-state index contributed by atoms with van der Waals surface area (Å²) in [5.74, 6) is 3.16. The number of hydrogen-bond donors (Lipinski definition) is 1. The molecule has 0 radical (unpaired) electrons. The number of tetrazole rings is 1. The standard InChI is InChI=1S/C25H31N7/c1-4-6-11-23-26-25(18(3)5-2)32(29-23)17-20-14-12-19(13-15-20)16-21-9-7-8-10-22(21)24-27-30-31-28-24/h7-10,12-15,18H,4-6,11,16-17H2,1-3H3,(H,27,28,30,31). The third-order valence-corrected chi connectivity index (χ3v) is 5.92. The molecule has 7 nitrogen and oxygen atoms in total. The maximum atomic E-state index is 4.85. The van der Waals surface area contributed by atoms with Crippen molar-refractivity contribution in [1.82, 2.24) is 35.4 Å². The molecule has 32 heavy (non-hydrogen) atoms. The predicted octanol–water partition coefficient (Wildman–Crippen LogP) is 4.95. The summed E-state index contributed by atoms with van der Waals surface area (Å²) in [6.07, 6.45) is 5.12. The number of aryl methyl sites for hydroxylation is 1. The van der Waals surface area contributed by atoms with Crippen molar-refractivity contribution < 1.29 is 0 Å². The first-order chi connectivity index (χ1) is 15.7. The summed E-state index contributed by atoms with van der Waals surface area (Å²) in [5.41, 5.74) is 4.70. The van der Waals surface area contributed by atoms with Gasteiger partial charge in [0.05, 0.1) is 6.54 Å². The van der Waals surface area contributed by atoms with Crippen LogP contribution in [0.15, 0.2) is 48.5 Å². The monoisotopic (exact) mass is 429 g/mol. The number of H-pyrrole nitrogens is 1. The van der Waals surface area contributed by atoms with Crippen LogP contribution in [0.25, 0.3) is 11.4 Å². The van der Waals surface area contributed by atoms with Gasteiger partial charge in [0.1, 0.15) is 5.82 Å². The molecule has 1 unspecified atom stereocenters. The highest BCUT2D eigenvalue weighted by Crippen LogP contribution is 2.23. The second kappa shape index (κ2) is 10.3. The molecule has 2 aromatic heterocycles. The summed E-state index contributed by atoms with van der Waals surface area (Å²) in [7, 11) is 0. The van der Waals surface area contributed by atoms with Gasteiger partial charge in [0, 0.05) is 17.9 Å². The van der Waals surface area contributed by atoms with E-state index in [1.807, 2.05) is 18.2 Å². The topological polar surface area (TPSA) is 85.2 Å². The van der Waals surface area contributed by atoms with Crippen LogP contribution in [0.2, 0.25) is 0 Å². The van der Waals surface area contributed by atoms with Gasteiger partial charge >= 0.3 is 0 Å². The van der Waals surface area contributed by atoms with E-state index < -0.39 is 0 Å². The molecule has 0 aliphatic carbocycles. The number of aromatic amines is 1. The summed E-state index contributed by atoms with van der Waals surface area (Å²) in [4.78, 5) is 4.85. The van der Waals surface area contributed by atoms with Crippen molar-refractivity contribution in [3.63, 3.8) is 0 Å². The Morgan fingerprint density at radius 2 is 1.78 bits per heavy atom. The van der Waals surface area contributed by atoms with Crippen LogP contribution in [0.3, 0.4) is 0 Å². The molecule has 0 bridgehead atoms. The fourth-order valence-corrected chi connectivity index (χ4v) is 3.84. The lowest BCUT2D eigenvalue weighted by atomic mass is 9.98. The Balaban J connectivity index is 1.50. The number of benzene rings is 2. The zero-order valence-corrected chi connectivity index (χ0v) is 19.1. The number of nitrogens with one attached hydrogen (secondary N) is 1. The van der Waals surface area contributed by atoms with Gasteiger partial charge in [-0.15, -0.1) is 5.10 Å². The summed E-state index contributed by atoms with van der Waals surface area (Å²) in [6.45, 7) is 7.39. The third kappa shape index (κ3) is 5.10. The summed E-state index contributed by atoms with van der Waals surface area (Å²) in [5, 5.41) is 19.2. The van der Waals surface area contributed by atoms with Gasteiger partial charge in [0.2, 0.25) is 0 Å². The Morgan fingerprint density at radius 1 is 1.00 bits per heavy atom. The first kappa shape index (κ1) is 21.9. The van der Waals surface area contributed by atoms with Gasteiger partial charge in [-0.1, -0.05) is 75.7 Å². The lowest BCUT2D eigenvalue weighted by molar-refractivity contribution is 0.574. The molecule has 0 saturated carbocycles. The highest BCUT2D eigenvalue weighted by Gasteiger charge is 2.15. The maximum absolute atomic E-state index is 4.85. The molecule has 7 heteroatoms. The molecule has 0 amide bonds. The van der Waals surface area contributed by atoms with Crippen molar-refractivity contribution in [2.45, 2.75) is 65.3 Å². The van der Waals surface area contributed by atoms with Crippen molar-refractivity contribution in [2.75, 3.05) is 0 Å². The van der Waals surface area contributed by atoms with E-state index in [0.717, 1.165) is 55.9 Å². The minimum atomic E-state index is 0.402. The Kier molecular flexibility index (Phi) is 7.04. The second-order valence-electron chi connectivity index (χ2n) is 8.36. The number of hydrogen-bond acceptors (Lipinski definition) is 5. The number of rotatable bonds is 10. The molecule has 0 fully saturated rings. The van der Waals surface area contributed by atoms with Crippen molar-refractivity contribution >= 4 is 0 Å². The smallest absolute Gasteiger partial charge is 0.179 e. The molecule has 4 aromatic rings. The molecule has 0 aliphatic heterocycles. The highest BCUT2D eigenvalue weighted by molar-refractivity contribution is 5.60. The largest absolute Gasteiger partial charge is 0.245 e. The van der Waals surface area contributed by atoms with Gasteiger partial charge in [0.25, 0.3) is 0 Å². The van der Waals surface area contributed by atoms with Gasteiger partial charge in [0.15, 0.2) is 11.6 Å². The second-order valence-corrected chi connectivity index (χ2v) is 8.36. The molecule has 2 aromatic carbocycles. The fraction of sp³-hybridized carbons (Fsp3) is 0.400. The van der Waals surface area contributed by atoms with Crippen molar-refractivity contribution in [2.24, 2.45) is 0 Å². The molecule has 2 heterocycles. The molecule has 0 spiro atoms. The lowest BCUT2D eigenvalue weighted by Gasteiger charge is -2.11. The first-order valence-corrected chi connectivity index (χ1v) is 11.5. The average molecular weight is 430 g/mol. The molecule has 1 N–H and O–H groups in total. The summed E-state index contributed by atoms with van der Waals surface area (Å²) < 4.78 is 2.10. The van der Waals surface area contributed by atoms with E-state index in [1.54, 1.807) is 0 Å². The van der Waals surface area contributed by atoms with Crippen molar-refractivity contribution in [3.05, 3.63) is 76.9 Å². The van der Waals surface area contributed by atoms with E-state index in [4.69, 9.17) is 10.1 Å². The zero-order valence-electron chi connectivity index (χ0n) is 19.1. The van der Waals surface area contributed by atoms with E-state index in [9.17, 15) is 0 Å². The van der Waals surface area contributed by atoms with Gasteiger partial charge in [-0.05, 0) is 46.4 Å². The molecular weight excluding hydrogens is 398 g/mol. The minimum Gasteiger partial charge on any atom is -0.245 e. The van der Waals surface area contributed by atoms with Crippen molar-refractivity contribution in [3.8, 4) is 11.4 Å². The first-order valence-electron chi connectivity index (χ1n) is 11.5. The molecule has 0 saturated heterocycles. The van der Waals surface area contributed by atoms with Crippen LogP contribution in [0, 0.1) is 0 Å². The third-order valence-electron chi connectivity index (χ3n) is 5.92. The van der Waals surface area contributed by atoms with Crippen LogP contribution in [0.1, 0.15) is 74.3 Å². The Labute approximate surface area is 189 Å². The highest BCUT2D eigenvalue weighted by atomic mass is 15.5. The van der Waals surface area contributed by atoms with E-state index in [0.29, 0.717) is 11.7 Å². The molecule has 4 rings (SSSR count). The van der Waals surface area contributed by atoms with Gasteiger partial charge in [-0.25, -0.2) is 14.8 Å². The molecule has 0 aliphatic rings. The van der Waals surface area contributed by atoms with Crippen LogP contribution in [-0.4, -0.2) is 35.4 Å². The number of aromatic nitrogens is 7. The van der Waals surface area contributed by atoms with Gasteiger partial charge in [-0.2, -0.15) is 5.10 Å².